The zero-order chi connectivity index (χ0) is 13.8. The van der Waals surface area contributed by atoms with E-state index in [1.165, 1.54) is 23.6 Å². The summed E-state index contributed by atoms with van der Waals surface area (Å²) in [6.07, 6.45) is 3.92. The molecule has 2 aromatic rings. The molecule has 0 fully saturated rings. The lowest BCUT2D eigenvalue weighted by atomic mass is 10.1. The third-order valence-electron chi connectivity index (χ3n) is 3.30. The highest BCUT2D eigenvalue weighted by Gasteiger charge is 2.11. The lowest BCUT2D eigenvalue weighted by Gasteiger charge is -2.03. The van der Waals surface area contributed by atoms with Crippen LogP contribution in [0.25, 0.3) is 10.9 Å². The number of ether oxygens (including phenoxy) is 1. The topological polar surface area (TPSA) is 57.2 Å². The van der Waals surface area contributed by atoms with E-state index in [-0.39, 0.29) is 12.5 Å². The van der Waals surface area contributed by atoms with Gasteiger partial charge in [-0.25, -0.2) is 0 Å². The number of methoxy groups -OCH3 is 1. The Morgan fingerprint density at radius 1 is 1.42 bits per heavy atom. The standard InChI is InChI=1S/C15H20N2O2/c1-11-5-6-14-13(8-11)12(4-3-7-16)9-17(14)10-15(18)19-2/h5-6,8-9H,3-4,7,10,16H2,1-2H3. The van der Waals surface area contributed by atoms with Crippen molar-refractivity contribution in [3.05, 3.63) is 35.5 Å². The van der Waals surface area contributed by atoms with E-state index in [1.54, 1.807) is 0 Å². The molecule has 2 N–H and O–H groups in total. The maximum Gasteiger partial charge on any atom is 0.325 e. The first-order valence-electron chi connectivity index (χ1n) is 6.51. The van der Waals surface area contributed by atoms with Crippen LogP contribution in [0.4, 0.5) is 0 Å². The maximum absolute atomic E-state index is 11.5. The van der Waals surface area contributed by atoms with Gasteiger partial charge >= 0.3 is 5.97 Å². The zero-order valence-corrected chi connectivity index (χ0v) is 11.5. The quantitative estimate of drug-likeness (QED) is 0.837. The Kier molecular flexibility index (Phi) is 4.22. The number of aryl methyl sites for hydroxylation is 2. The van der Waals surface area contributed by atoms with Gasteiger partial charge in [0.15, 0.2) is 0 Å². The van der Waals surface area contributed by atoms with Crippen LogP contribution in [0, 0.1) is 6.92 Å². The fraction of sp³-hybridized carbons (Fsp3) is 0.400. The molecule has 0 unspecified atom stereocenters. The van der Waals surface area contributed by atoms with E-state index in [0.29, 0.717) is 6.54 Å². The molecule has 0 aliphatic heterocycles. The number of rotatable bonds is 5. The normalized spacial score (nSPS) is 10.9. The van der Waals surface area contributed by atoms with Gasteiger partial charge in [-0.05, 0) is 44.0 Å². The van der Waals surface area contributed by atoms with Gasteiger partial charge in [-0.15, -0.1) is 0 Å². The second-order valence-corrected chi connectivity index (χ2v) is 4.77. The number of hydrogen-bond acceptors (Lipinski definition) is 3. The number of nitrogens with two attached hydrogens (primary N) is 1. The van der Waals surface area contributed by atoms with E-state index in [2.05, 4.69) is 25.1 Å². The van der Waals surface area contributed by atoms with Crippen LogP contribution in [0.2, 0.25) is 0 Å². The summed E-state index contributed by atoms with van der Waals surface area (Å²) in [6, 6.07) is 6.28. The highest BCUT2D eigenvalue weighted by atomic mass is 16.5. The van der Waals surface area contributed by atoms with Crippen molar-refractivity contribution in [3.8, 4) is 0 Å². The summed E-state index contributed by atoms with van der Waals surface area (Å²) in [4.78, 5) is 11.5. The van der Waals surface area contributed by atoms with Crippen molar-refractivity contribution in [2.75, 3.05) is 13.7 Å². The Hall–Kier alpha value is -1.81. The van der Waals surface area contributed by atoms with Crippen molar-refractivity contribution >= 4 is 16.9 Å². The minimum absolute atomic E-state index is 0.233. The SMILES string of the molecule is COC(=O)Cn1cc(CCCN)c2cc(C)ccc21. The highest BCUT2D eigenvalue weighted by molar-refractivity contribution is 5.86. The number of hydrogen-bond donors (Lipinski definition) is 1. The lowest BCUT2D eigenvalue weighted by Crippen LogP contribution is -2.10. The van der Waals surface area contributed by atoms with Crippen molar-refractivity contribution in [3.63, 3.8) is 0 Å². The van der Waals surface area contributed by atoms with Gasteiger partial charge in [0.25, 0.3) is 0 Å². The third kappa shape index (κ3) is 2.96. The summed E-state index contributed by atoms with van der Waals surface area (Å²) in [5.74, 6) is -0.233. The van der Waals surface area contributed by atoms with Crippen molar-refractivity contribution < 1.29 is 9.53 Å². The molecule has 1 aromatic carbocycles. The van der Waals surface area contributed by atoms with Crippen LogP contribution in [0.15, 0.2) is 24.4 Å². The average Bonchev–Trinajstić information content (AvgIpc) is 2.73. The second-order valence-electron chi connectivity index (χ2n) is 4.77. The Bertz CT molecular complexity index is 587. The summed E-state index contributed by atoms with van der Waals surface area (Å²) in [7, 11) is 1.41. The molecule has 0 atom stereocenters. The molecule has 1 heterocycles. The molecule has 0 radical (unpaired) electrons. The summed E-state index contributed by atoms with van der Waals surface area (Å²) in [5.41, 5.74) is 9.11. The molecule has 4 nitrogen and oxygen atoms in total. The molecular formula is C15H20N2O2. The van der Waals surface area contributed by atoms with Gasteiger partial charge in [-0.3, -0.25) is 4.79 Å². The van der Waals surface area contributed by atoms with Gasteiger partial charge in [0.2, 0.25) is 0 Å². The van der Waals surface area contributed by atoms with Crippen LogP contribution in [0.3, 0.4) is 0 Å². The van der Waals surface area contributed by atoms with E-state index >= 15 is 0 Å². The number of fused-ring (bicyclic) bond motifs is 1. The summed E-state index contributed by atoms with van der Waals surface area (Å²) in [6.45, 7) is 3.00. The molecule has 0 aliphatic carbocycles. The van der Waals surface area contributed by atoms with Crippen LogP contribution in [-0.4, -0.2) is 24.2 Å². The summed E-state index contributed by atoms with van der Waals surface area (Å²) in [5, 5.41) is 1.21. The molecule has 1 aromatic heterocycles. The number of esters is 1. The van der Waals surface area contributed by atoms with Crippen LogP contribution >= 0.6 is 0 Å². The fourth-order valence-electron chi connectivity index (χ4n) is 2.31. The molecule has 0 saturated heterocycles. The van der Waals surface area contributed by atoms with Crippen molar-refractivity contribution in [2.45, 2.75) is 26.3 Å². The molecule has 0 amide bonds. The molecule has 0 saturated carbocycles. The van der Waals surface area contributed by atoms with Gasteiger partial charge in [0.05, 0.1) is 7.11 Å². The maximum atomic E-state index is 11.5. The predicted octanol–water partition coefficient (Wildman–Crippen LogP) is 2.01. The minimum Gasteiger partial charge on any atom is -0.468 e. The molecule has 0 aliphatic rings. The molecule has 19 heavy (non-hydrogen) atoms. The molecule has 0 bridgehead atoms. The van der Waals surface area contributed by atoms with E-state index in [1.807, 2.05) is 10.8 Å². The van der Waals surface area contributed by atoms with E-state index in [0.717, 1.165) is 18.4 Å². The van der Waals surface area contributed by atoms with Crippen molar-refractivity contribution in [1.29, 1.82) is 0 Å². The number of nitrogens with zero attached hydrogens (tertiary/aromatic N) is 1. The Labute approximate surface area is 113 Å². The van der Waals surface area contributed by atoms with Gasteiger partial charge < -0.3 is 15.0 Å². The highest BCUT2D eigenvalue weighted by Crippen LogP contribution is 2.24. The van der Waals surface area contributed by atoms with Gasteiger partial charge in [0.1, 0.15) is 6.54 Å². The van der Waals surface area contributed by atoms with Gasteiger partial charge in [0, 0.05) is 17.1 Å². The first-order chi connectivity index (χ1) is 9.15. The average molecular weight is 260 g/mol. The second kappa shape index (κ2) is 5.89. The van der Waals surface area contributed by atoms with Crippen LogP contribution in [0.5, 0.6) is 0 Å². The largest absolute Gasteiger partial charge is 0.468 e. The van der Waals surface area contributed by atoms with Crippen molar-refractivity contribution in [2.24, 2.45) is 5.73 Å². The van der Waals surface area contributed by atoms with Gasteiger partial charge in [-0.1, -0.05) is 11.6 Å². The number of carbonyl (C=O) groups is 1. The van der Waals surface area contributed by atoms with E-state index in [4.69, 9.17) is 10.5 Å². The zero-order valence-electron chi connectivity index (χ0n) is 11.5. The van der Waals surface area contributed by atoms with Crippen LogP contribution < -0.4 is 5.73 Å². The molecule has 4 heteroatoms. The number of aromatic nitrogens is 1. The minimum atomic E-state index is -0.233. The lowest BCUT2D eigenvalue weighted by molar-refractivity contribution is -0.141. The Morgan fingerprint density at radius 3 is 2.89 bits per heavy atom. The number of carbonyl (C=O) groups excluding carboxylic acids is 1. The summed E-state index contributed by atoms with van der Waals surface area (Å²) < 4.78 is 6.69. The molecule has 102 valence electrons. The predicted molar refractivity (Wildman–Crippen MR) is 76.1 cm³/mol. The molecule has 0 spiro atoms. The Morgan fingerprint density at radius 2 is 2.21 bits per heavy atom. The molecule has 2 rings (SSSR count). The Balaban J connectivity index is 2.43. The van der Waals surface area contributed by atoms with E-state index in [9.17, 15) is 4.79 Å². The fourth-order valence-corrected chi connectivity index (χ4v) is 2.31. The monoisotopic (exact) mass is 260 g/mol. The van der Waals surface area contributed by atoms with Gasteiger partial charge in [-0.2, -0.15) is 0 Å². The third-order valence-corrected chi connectivity index (χ3v) is 3.30. The van der Waals surface area contributed by atoms with E-state index < -0.39 is 0 Å². The smallest absolute Gasteiger partial charge is 0.325 e. The first kappa shape index (κ1) is 13.6. The van der Waals surface area contributed by atoms with Crippen molar-refractivity contribution in [1.82, 2.24) is 4.57 Å². The summed E-state index contributed by atoms with van der Waals surface area (Å²) >= 11 is 0. The number of benzene rings is 1. The molecular weight excluding hydrogens is 240 g/mol. The first-order valence-corrected chi connectivity index (χ1v) is 6.51. The van der Waals surface area contributed by atoms with Crippen LogP contribution in [-0.2, 0) is 22.5 Å². The van der Waals surface area contributed by atoms with Crippen LogP contribution in [0.1, 0.15) is 17.5 Å².